The second-order valence-corrected chi connectivity index (χ2v) is 6.99. The topological polar surface area (TPSA) is 66.5 Å². The number of carbonyl (C=O) groups excluding carboxylic acids is 1. The lowest BCUT2D eigenvalue weighted by atomic mass is 9.94. The van der Waals surface area contributed by atoms with Crippen LogP contribution in [0.5, 0.6) is 0 Å². The van der Waals surface area contributed by atoms with Crippen molar-refractivity contribution in [1.29, 1.82) is 0 Å². The Morgan fingerprint density at radius 1 is 1.28 bits per heavy atom. The van der Waals surface area contributed by atoms with E-state index in [1.807, 2.05) is 18.3 Å². The minimum absolute atomic E-state index is 0.142. The molecule has 1 amide bonds. The number of hydrogen-bond donors (Lipinski definition) is 2. The Balaban J connectivity index is 1.33. The van der Waals surface area contributed by atoms with E-state index in [0.717, 1.165) is 77.2 Å². The van der Waals surface area contributed by atoms with Gasteiger partial charge in [0.1, 0.15) is 0 Å². The van der Waals surface area contributed by atoms with Crippen LogP contribution in [-0.4, -0.2) is 61.2 Å². The van der Waals surface area contributed by atoms with Crippen LogP contribution >= 0.6 is 0 Å². The number of amides is 1. The highest BCUT2D eigenvalue weighted by molar-refractivity contribution is 5.78. The van der Waals surface area contributed by atoms with Crippen LogP contribution < -0.4 is 10.6 Å². The molecule has 2 N–H and O–H groups in total. The number of likely N-dealkylation sites (tertiary alicyclic amines) is 1. The summed E-state index contributed by atoms with van der Waals surface area (Å²) in [6.45, 7) is 5.32. The second kappa shape index (κ2) is 9.73. The molecular weight excluding hydrogens is 316 g/mol. The maximum absolute atomic E-state index is 12.5. The summed E-state index contributed by atoms with van der Waals surface area (Å²) in [6.07, 6.45) is 8.84. The summed E-state index contributed by atoms with van der Waals surface area (Å²) in [6, 6.07) is 4.52. The van der Waals surface area contributed by atoms with Gasteiger partial charge in [0.15, 0.2) is 0 Å². The van der Waals surface area contributed by atoms with Crippen LogP contribution in [0, 0.1) is 5.92 Å². The molecule has 3 rings (SSSR count). The lowest BCUT2D eigenvalue weighted by Crippen LogP contribution is -2.48. The minimum atomic E-state index is 0.142. The molecule has 138 valence electrons. The summed E-state index contributed by atoms with van der Waals surface area (Å²) in [5.41, 5.74) is 1.02. The first-order chi connectivity index (χ1) is 12.3. The molecule has 2 aliphatic rings. The Morgan fingerprint density at radius 3 is 2.96 bits per heavy atom. The minimum Gasteiger partial charge on any atom is -0.384 e. The number of rotatable bonds is 7. The summed E-state index contributed by atoms with van der Waals surface area (Å²) in [4.78, 5) is 19.1. The average Bonchev–Trinajstić information content (AvgIpc) is 2.69. The van der Waals surface area contributed by atoms with Crippen LogP contribution in [0.25, 0.3) is 0 Å². The molecule has 0 unspecified atom stereocenters. The fraction of sp³-hybridized carbons (Fsp3) is 0.684. The molecule has 1 aromatic rings. The molecule has 0 bridgehead atoms. The molecule has 1 atom stereocenters. The van der Waals surface area contributed by atoms with Gasteiger partial charge in [-0.1, -0.05) is 0 Å². The molecule has 1 aromatic heterocycles. The Hall–Kier alpha value is -1.66. The number of nitrogens with zero attached hydrogens (tertiary/aromatic N) is 2. The summed E-state index contributed by atoms with van der Waals surface area (Å²) >= 11 is 0. The molecule has 0 radical (unpaired) electrons. The maximum Gasteiger partial charge on any atom is 0.224 e. The third-order valence-corrected chi connectivity index (χ3v) is 5.17. The zero-order chi connectivity index (χ0) is 17.3. The van der Waals surface area contributed by atoms with Gasteiger partial charge in [0.2, 0.25) is 5.91 Å². The van der Waals surface area contributed by atoms with Gasteiger partial charge >= 0.3 is 0 Å². The molecule has 2 fully saturated rings. The molecule has 0 aliphatic carbocycles. The van der Waals surface area contributed by atoms with Crippen molar-refractivity contribution in [3.8, 4) is 0 Å². The number of nitrogens with one attached hydrogen (secondary N) is 2. The van der Waals surface area contributed by atoms with E-state index in [-0.39, 0.29) is 11.8 Å². The van der Waals surface area contributed by atoms with E-state index in [1.54, 1.807) is 6.20 Å². The van der Waals surface area contributed by atoms with Crippen LogP contribution in [-0.2, 0) is 9.53 Å². The molecule has 2 saturated heterocycles. The van der Waals surface area contributed by atoms with Crippen molar-refractivity contribution in [2.24, 2.45) is 5.92 Å². The van der Waals surface area contributed by atoms with Crippen LogP contribution in [0.3, 0.4) is 0 Å². The quantitative estimate of drug-likeness (QED) is 0.738. The number of piperidine rings is 1. The van der Waals surface area contributed by atoms with Crippen molar-refractivity contribution < 1.29 is 9.53 Å². The highest BCUT2D eigenvalue weighted by atomic mass is 16.5. The normalized spacial score (nSPS) is 22.5. The SMILES string of the molecule is O=C(NCCCNc1cccnc1)[C@H]1CCCN(C2CCOCC2)C1. The van der Waals surface area contributed by atoms with Gasteiger partial charge in [0.25, 0.3) is 0 Å². The Kier molecular flexibility index (Phi) is 7.06. The standard InChI is InChI=1S/C19H30N4O2/c24-19(22-10-3-9-21-17-5-1-8-20-14-17)16-4-2-11-23(15-16)18-6-12-25-13-7-18/h1,5,8,14,16,18,21H,2-4,6-7,9-13,15H2,(H,22,24)/t16-/m0/s1. The van der Waals surface area contributed by atoms with E-state index in [4.69, 9.17) is 4.74 Å². The molecule has 6 nitrogen and oxygen atoms in total. The summed E-state index contributed by atoms with van der Waals surface area (Å²) in [7, 11) is 0. The van der Waals surface area contributed by atoms with Crippen molar-refractivity contribution in [1.82, 2.24) is 15.2 Å². The Bertz CT molecular complexity index is 519. The predicted octanol–water partition coefficient (Wildman–Crippen LogP) is 1.89. The monoisotopic (exact) mass is 346 g/mol. The van der Waals surface area contributed by atoms with Gasteiger partial charge in [0, 0.05) is 51.3 Å². The Morgan fingerprint density at radius 2 is 2.16 bits per heavy atom. The van der Waals surface area contributed by atoms with Gasteiger partial charge in [-0.2, -0.15) is 0 Å². The molecule has 6 heteroatoms. The smallest absolute Gasteiger partial charge is 0.224 e. The summed E-state index contributed by atoms with van der Waals surface area (Å²) < 4.78 is 5.46. The van der Waals surface area contributed by atoms with Crippen LogP contribution in [0.2, 0.25) is 0 Å². The highest BCUT2D eigenvalue weighted by Crippen LogP contribution is 2.23. The van der Waals surface area contributed by atoms with E-state index in [0.29, 0.717) is 6.04 Å². The first-order valence-electron chi connectivity index (χ1n) is 9.56. The number of ether oxygens (including phenoxy) is 1. The van der Waals surface area contributed by atoms with Crippen molar-refractivity contribution in [3.05, 3.63) is 24.5 Å². The van der Waals surface area contributed by atoms with Gasteiger partial charge in [-0.05, 0) is 50.8 Å². The van der Waals surface area contributed by atoms with Gasteiger partial charge in [-0.15, -0.1) is 0 Å². The first-order valence-corrected chi connectivity index (χ1v) is 9.56. The van der Waals surface area contributed by atoms with Crippen molar-refractivity contribution in [3.63, 3.8) is 0 Å². The Labute approximate surface area is 150 Å². The van der Waals surface area contributed by atoms with Crippen LogP contribution in [0.15, 0.2) is 24.5 Å². The zero-order valence-corrected chi connectivity index (χ0v) is 15.0. The van der Waals surface area contributed by atoms with Gasteiger partial charge in [-0.3, -0.25) is 14.7 Å². The molecule has 0 saturated carbocycles. The predicted molar refractivity (Wildman–Crippen MR) is 98.5 cm³/mol. The van der Waals surface area contributed by atoms with Gasteiger partial charge < -0.3 is 15.4 Å². The molecule has 25 heavy (non-hydrogen) atoms. The summed E-state index contributed by atoms with van der Waals surface area (Å²) in [5.74, 6) is 0.362. The number of pyridine rings is 1. The van der Waals surface area contributed by atoms with Gasteiger partial charge in [-0.25, -0.2) is 0 Å². The third kappa shape index (κ3) is 5.68. The zero-order valence-electron chi connectivity index (χ0n) is 15.0. The number of aromatic nitrogens is 1. The van der Waals surface area contributed by atoms with Crippen molar-refractivity contribution in [2.75, 3.05) is 44.7 Å². The fourth-order valence-corrected chi connectivity index (χ4v) is 3.75. The fourth-order valence-electron chi connectivity index (χ4n) is 3.75. The lowest BCUT2D eigenvalue weighted by molar-refractivity contribution is -0.127. The number of carbonyl (C=O) groups is 1. The molecular formula is C19H30N4O2. The van der Waals surface area contributed by atoms with Crippen molar-refractivity contribution >= 4 is 11.6 Å². The first kappa shape index (κ1) is 18.1. The highest BCUT2D eigenvalue weighted by Gasteiger charge is 2.30. The van der Waals surface area contributed by atoms with E-state index in [9.17, 15) is 4.79 Å². The third-order valence-electron chi connectivity index (χ3n) is 5.17. The van der Waals surface area contributed by atoms with Gasteiger partial charge in [0.05, 0.1) is 11.6 Å². The molecule has 0 aromatic carbocycles. The van der Waals surface area contributed by atoms with Crippen LogP contribution in [0.1, 0.15) is 32.1 Å². The lowest BCUT2D eigenvalue weighted by Gasteiger charge is -2.39. The summed E-state index contributed by atoms with van der Waals surface area (Å²) in [5, 5.41) is 6.43. The van der Waals surface area contributed by atoms with Crippen molar-refractivity contribution in [2.45, 2.75) is 38.1 Å². The maximum atomic E-state index is 12.5. The molecule has 3 heterocycles. The average molecular weight is 346 g/mol. The van der Waals surface area contributed by atoms with Crippen LogP contribution in [0.4, 0.5) is 5.69 Å². The molecule has 2 aliphatic heterocycles. The van der Waals surface area contributed by atoms with E-state index in [2.05, 4.69) is 20.5 Å². The van der Waals surface area contributed by atoms with E-state index < -0.39 is 0 Å². The van der Waals surface area contributed by atoms with E-state index >= 15 is 0 Å². The number of hydrogen-bond acceptors (Lipinski definition) is 5. The number of anilines is 1. The van der Waals surface area contributed by atoms with E-state index in [1.165, 1.54) is 0 Å². The molecule has 0 spiro atoms. The second-order valence-electron chi connectivity index (χ2n) is 6.99. The largest absolute Gasteiger partial charge is 0.384 e.